The third kappa shape index (κ3) is 3.10. The average Bonchev–Trinajstić information content (AvgIpc) is 2.62. The Kier molecular flexibility index (Phi) is 3.47. The molecule has 0 spiro atoms. The minimum absolute atomic E-state index is 0.0512. The van der Waals surface area contributed by atoms with Crippen LogP contribution in [0.5, 0.6) is 0 Å². The molecule has 1 rings (SSSR count). The quantitative estimate of drug-likeness (QED) is 0.477. The van der Waals surface area contributed by atoms with Gasteiger partial charge in [-0.15, -0.1) is 6.58 Å². The van der Waals surface area contributed by atoms with Gasteiger partial charge >= 0.3 is 0 Å². The summed E-state index contributed by atoms with van der Waals surface area (Å²) in [4.78, 5) is 0. The molecule has 0 saturated carbocycles. The molecule has 0 aromatic carbocycles. The van der Waals surface area contributed by atoms with Crippen LogP contribution in [0.1, 0.15) is 20.3 Å². The molecule has 1 aliphatic rings. The van der Waals surface area contributed by atoms with E-state index in [4.69, 9.17) is 4.74 Å². The lowest BCUT2D eigenvalue weighted by molar-refractivity contribution is 0.0365. The lowest BCUT2D eigenvalue weighted by Crippen LogP contribution is -2.33. The second-order valence-electron chi connectivity index (χ2n) is 4.00. The molecule has 3 heteroatoms. The minimum Gasteiger partial charge on any atom is -0.362 e. The monoisotopic (exact) mass is 185 g/mol. The molecule has 1 aliphatic heterocycles. The van der Waals surface area contributed by atoms with Crippen molar-refractivity contribution in [1.29, 1.82) is 0 Å². The van der Waals surface area contributed by atoms with Gasteiger partial charge in [-0.2, -0.15) is 0 Å². The van der Waals surface area contributed by atoms with Crippen molar-refractivity contribution in [2.75, 3.05) is 13.1 Å². The van der Waals surface area contributed by atoms with Crippen LogP contribution in [0.2, 0.25) is 0 Å². The fraction of sp³-hybridized carbons (Fsp3) is 0.800. The van der Waals surface area contributed by atoms with Gasteiger partial charge in [-0.05, 0) is 18.9 Å². The van der Waals surface area contributed by atoms with Crippen molar-refractivity contribution >= 4 is 0 Å². The van der Waals surface area contributed by atoms with Gasteiger partial charge in [-0.1, -0.05) is 19.9 Å². The molecule has 1 heterocycles. The van der Waals surface area contributed by atoms with Crippen LogP contribution in [0.25, 0.3) is 0 Å². The summed E-state index contributed by atoms with van der Waals surface area (Å²) in [5.41, 5.74) is 0. The normalized spacial score (nSPS) is 32.2. The summed E-state index contributed by atoms with van der Waals surface area (Å²) in [5.74, 6) is -0.330. The molecule has 76 valence electrons. The number of rotatable bonds is 6. The van der Waals surface area contributed by atoms with Gasteiger partial charge in [0.25, 0.3) is 0 Å². The summed E-state index contributed by atoms with van der Waals surface area (Å²) in [5, 5.41) is 12.9. The second-order valence-corrected chi connectivity index (χ2v) is 4.00. The zero-order chi connectivity index (χ0) is 9.90. The van der Waals surface area contributed by atoms with Crippen LogP contribution in [-0.2, 0) is 4.74 Å². The summed E-state index contributed by atoms with van der Waals surface area (Å²) >= 11 is 0. The maximum absolute atomic E-state index is 9.70. The molecule has 0 aromatic rings. The molecular weight excluding hydrogens is 166 g/mol. The third-order valence-corrected chi connectivity index (χ3v) is 2.10. The van der Waals surface area contributed by atoms with Gasteiger partial charge in [-0.25, -0.2) is 0 Å². The predicted octanol–water partition coefficient (Wildman–Crippen LogP) is 0.895. The lowest BCUT2D eigenvalue weighted by atomic mass is 10.2. The Labute approximate surface area is 79.8 Å². The summed E-state index contributed by atoms with van der Waals surface area (Å²) in [6, 6.07) is 0. The Morgan fingerprint density at radius 2 is 2.38 bits per heavy atom. The van der Waals surface area contributed by atoms with E-state index in [1.807, 2.05) is 0 Å². The number of hydrogen-bond donors (Lipinski definition) is 2. The molecular formula is C10H19NO2. The number of epoxide rings is 1. The molecule has 1 fully saturated rings. The van der Waals surface area contributed by atoms with Crippen molar-refractivity contribution in [3.8, 4) is 0 Å². The molecule has 0 unspecified atom stereocenters. The zero-order valence-corrected chi connectivity index (χ0v) is 8.42. The number of hydrogen-bond acceptors (Lipinski definition) is 3. The summed E-state index contributed by atoms with van der Waals surface area (Å²) in [6.45, 7) is 9.29. The number of aliphatic hydroxyl groups is 1. The maximum atomic E-state index is 9.70. The largest absolute Gasteiger partial charge is 0.362 e. The standard InChI is InChI=1S/C10H19NO2/c1-4-5-9-10(12,13-9)7-11-6-8(2)3/h4,8-9,11-12H,1,5-7H2,2-3H3/t9-,10+/m0/s1. The summed E-state index contributed by atoms with van der Waals surface area (Å²) in [6.07, 6.45) is 2.44. The second kappa shape index (κ2) is 4.22. The molecule has 13 heavy (non-hydrogen) atoms. The summed E-state index contributed by atoms with van der Waals surface area (Å²) in [7, 11) is 0. The van der Waals surface area contributed by atoms with Gasteiger partial charge in [0.1, 0.15) is 6.10 Å². The average molecular weight is 185 g/mol. The first-order valence-corrected chi connectivity index (χ1v) is 4.80. The van der Waals surface area contributed by atoms with Crippen molar-refractivity contribution in [3.05, 3.63) is 12.7 Å². The molecule has 2 N–H and O–H groups in total. The van der Waals surface area contributed by atoms with E-state index in [0.717, 1.165) is 13.0 Å². The van der Waals surface area contributed by atoms with Gasteiger partial charge < -0.3 is 15.2 Å². The first kappa shape index (κ1) is 10.7. The van der Waals surface area contributed by atoms with Crippen LogP contribution in [0.4, 0.5) is 0 Å². The van der Waals surface area contributed by atoms with Gasteiger partial charge in [0.05, 0.1) is 6.54 Å². The number of ether oxygens (including phenoxy) is 1. The molecule has 3 nitrogen and oxygen atoms in total. The van der Waals surface area contributed by atoms with Crippen LogP contribution in [0, 0.1) is 5.92 Å². The molecule has 0 aliphatic carbocycles. The van der Waals surface area contributed by atoms with Gasteiger partial charge in [0.2, 0.25) is 5.79 Å². The van der Waals surface area contributed by atoms with E-state index >= 15 is 0 Å². The van der Waals surface area contributed by atoms with E-state index in [9.17, 15) is 5.11 Å². The SMILES string of the molecule is C=CC[C@@H]1O[C@]1(O)CNCC(C)C. The Balaban J connectivity index is 2.12. The first-order valence-electron chi connectivity index (χ1n) is 4.80. The van der Waals surface area contributed by atoms with E-state index in [1.54, 1.807) is 6.08 Å². The zero-order valence-electron chi connectivity index (χ0n) is 8.42. The van der Waals surface area contributed by atoms with Gasteiger partial charge in [0.15, 0.2) is 0 Å². The van der Waals surface area contributed by atoms with Crippen molar-refractivity contribution in [1.82, 2.24) is 5.32 Å². The van der Waals surface area contributed by atoms with Crippen LogP contribution in [-0.4, -0.2) is 30.1 Å². The minimum atomic E-state index is -0.928. The lowest BCUT2D eigenvalue weighted by Gasteiger charge is -2.09. The third-order valence-electron chi connectivity index (χ3n) is 2.10. The Morgan fingerprint density at radius 1 is 1.69 bits per heavy atom. The highest BCUT2D eigenvalue weighted by molar-refractivity contribution is 4.98. The van der Waals surface area contributed by atoms with Gasteiger partial charge in [-0.3, -0.25) is 0 Å². The van der Waals surface area contributed by atoms with E-state index < -0.39 is 5.79 Å². The highest BCUT2D eigenvalue weighted by Gasteiger charge is 2.53. The van der Waals surface area contributed by atoms with E-state index in [-0.39, 0.29) is 6.10 Å². The molecule has 0 amide bonds. The maximum Gasteiger partial charge on any atom is 0.206 e. The Bertz CT molecular complexity index is 182. The highest BCUT2D eigenvalue weighted by Crippen LogP contribution is 2.35. The highest BCUT2D eigenvalue weighted by atomic mass is 16.7. The van der Waals surface area contributed by atoms with Crippen LogP contribution >= 0.6 is 0 Å². The van der Waals surface area contributed by atoms with Crippen molar-refractivity contribution in [2.24, 2.45) is 5.92 Å². The first-order chi connectivity index (χ1) is 6.08. The van der Waals surface area contributed by atoms with Crippen molar-refractivity contribution in [3.63, 3.8) is 0 Å². The molecule has 0 bridgehead atoms. The van der Waals surface area contributed by atoms with Gasteiger partial charge in [0, 0.05) is 0 Å². The van der Waals surface area contributed by atoms with Crippen molar-refractivity contribution in [2.45, 2.75) is 32.2 Å². The number of nitrogens with one attached hydrogen (secondary N) is 1. The van der Waals surface area contributed by atoms with Crippen LogP contribution in [0.3, 0.4) is 0 Å². The van der Waals surface area contributed by atoms with E-state index in [2.05, 4.69) is 25.7 Å². The summed E-state index contributed by atoms with van der Waals surface area (Å²) < 4.78 is 5.15. The van der Waals surface area contributed by atoms with Crippen LogP contribution < -0.4 is 5.32 Å². The smallest absolute Gasteiger partial charge is 0.206 e. The Hall–Kier alpha value is -0.380. The van der Waals surface area contributed by atoms with Crippen LogP contribution in [0.15, 0.2) is 12.7 Å². The fourth-order valence-electron chi connectivity index (χ4n) is 1.29. The fourth-order valence-corrected chi connectivity index (χ4v) is 1.29. The molecule has 0 aromatic heterocycles. The topological polar surface area (TPSA) is 44.8 Å². The van der Waals surface area contributed by atoms with E-state index in [1.165, 1.54) is 0 Å². The molecule has 2 atom stereocenters. The van der Waals surface area contributed by atoms with Crippen molar-refractivity contribution < 1.29 is 9.84 Å². The molecule has 0 radical (unpaired) electrons. The Morgan fingerprint density at radius 3 is 2.92 bits per heavy atom. The predicted molar refractivity (Wildman–Crippen MR) is 52.3 cm³/mol. The molecule has 1 saturated heterocycles. The van der Waals surface area contributed by atoms with E-state index in [0.29, 0.717) is 12.5 Å².